The highest BCUT2D eigenvalue weighted by atomic mass is 32.1. The molecular formula is C15H13N3O2S. The lowest BCUT2D eigenvalue weighted by Gasteiger charge is -2.07. The van der Waals surface area contributed by atoms with Crippen LogP contribution in [0.4, 0.5) is 11.4 Å². The van der Waals surface area contributed by atoms with Crippen LogP contribution in [-0.4, -0.2) is 9.91 Å². The summed E-state index contributed by atoms with van der Waals surface area (Å²) in [6.45, 7) is 2.39. The molecule has 0 aliphatic rings. The molecule has 106 valence electrons. The molecule has 2 aromatic carbocycles. The highest BCUT2D eigenvalue weighted by molar-refractivity contribution is 7.18. The molecule has 0 atom stereocenters. The molecule has 0 aliphatic carbocycles. The number of nitro benzene ring substituents is 1. The Hall–Kier alpha value is -2.47. The lowest BCUT2D eigenvalue weighted by atomic mass is 10.2. The Labute approximate surface area is 125 Å². The van der Waals surface area contributed by atoms with E-state index in [1.54, 1.807) is 29.5 Å². The van der Waals surface area contributed by atoms with Crippen LogP contribution in [-0.2, 0) is 6.54 Å². The van der Waals surface area contributed by atoms with Gasteiger partial charge in [0.2, 0.25) is 0 Å². The number of hydrogen-bond donors (Lipinski definition) is 1. The van der Waals surface area contributed by atoms with Crippen LogP contribution in [0.3, 0.4) is 0 Å². The molecule has 3 rings (SSSR count). The molecule has 0 fully saturated rings. The quantitative estimate of drug-likeness (QED) is 0.581. The Bertz CT molecular complexity index is 814. The van der Waals surface area contributed by atoms with Crippen molar-refractivity contribution in [1.29, 1.82) is 0 Å². The second-order valence-electron chi connectivity index (χ2n) is 4.65. The number of rotatable bonds is 4. The predicted molar refractivity (Wildman–Crippen MR) is 84.8 cm³/mol. The molecule has 1 aromatic heterocycles. The minimum Gasteiger partial charge on any atom is -0.381 e. The Balaban J connectivity index is 1.81. The lowest BCUT2D eigenvalue weighted by Crippen LogP contribution is -2.02. The van der Waals surface area contributed by atoms with Gasteiger partial charge in [-0.2, -0.15) is 0 Å². The molecule has 1 N–H and O–H groups in total. The van der Waals surface area contributed by atoms with Gasteiger partial charge in [0.1, 0.15) is 0 Å². The summed E-state index contributed by atoms with van der Waals surface area (Å²) >= 11 is 1.64. The van der Waals surface area contributed by atoms with Crippen molar-refractivity contribution in [1.82, 2.24) is 4.98 Å². The highest BCUT2D eigenvalue weighted by Crippen LogP contribution is 2.25. The van der Waals surface area contributed by atoms with E-state index in [2.05, 4.69) is 10.3 Å². The number of nitro groups is 1. The van der Waals surface area contributed by atoms with E-state index in [4.69, 9.17) is 0 Å². The summed E-state index contributed by atoms with van der Waals surface area (Å²) in [5, 5.41) is 15.2. The average Bonchev–Trinajstić information content (AvgIpc) is 2.84. The zero-order valence-corrected chi connectivity index (χ0v) is 12.2. The number of aromatic nitrogens is 1. The first-order valence-corrected chi connectivity index (χ1v) is 7.28. The molecule has 0 unspecified atom stereocenters. The third-order valence-electron chi connectivity index (χ3n) is 3.17. The fraction of sp³-hybridized carbons (Fsp3) is 0.133. The van der Waals surface area contributed by atoms with Crippen molar-refractivity contribution >= 4 is 32.9 Å². The van der Waals surface area contributed by atoms with Gasteiger partial charge in [-0.15, -0.1) is 11.3 Å². The minimum absolute atomic E-state index is 0.139. The SMILES string of the molecule is Cc1nc2ccc(NCc3ccccc3[N+](=O)[O-])cc2s1. The molecule has 3 aromatic rings. The molecule has 0 radical (unpaired) electrons. The standard InChI is InChI=1S/C15H13N3O2S/c1-10-17-13-7-6-12(8-15(13)21-10)16-9-11-4-2-3-5-14(11)18(19)20/h2-8,16H,9H2,1H3. The van der Waals surface area contributed by atoms with Crippen molar-refractivity contribution in [2.24, 2.45) is 0 Å². The van der Waals surface area contributed by atoms with Crippen LogP contribution in [0.5, 0.6) is 0 Å². The van der Waals surface area contributed by atoms with E-state index < -0.39 is 0 Å². The van der Waals surface area contributed by atoms with Crippen LogP contribution in [0.15, 0.2) is 42.5 Å². The van der Waals surface area contributed by atoms with Crippen molar-refractivity contribution in [3.05, 3.63) is 63.1 Å². The molecule has 0 aliphatic heterocycles. The van der Waals surface area contributed by atoms with Crippen LogP contribution < -0.4 is 5.32 Å². The van der Waals surface area contributed by atoms with Gasteiger partial charge in [-0.25, -0.2) is 4.98 Å². The number of hydrogen-bond acceptors (Lipinski definition) is 5. The normalized spacial score (nSPS) is 10.7. The smallest absolute Gasteiger partial charge is 0.274 e. The second-order valence-corrected chi connectivity index (χ2v) is 5.89. The minimum atomic E-state index is -0.354. The molecule has 6 heteroatoms. The Morgan fingerprint density at radius 3 is 2.90 bits per heavy atom. The predicted octanol–water partition coefficient (Wildman–Crippen LogP) is 4.13. The Morgan fingerprint density at radius 2 is 2.10 bits per heavy atom. The highest BCUT2D eigenvalue weighted by Gasteiger charge is 2.11. The number of nitrogens with zero attached hydrogens (tertiary/aromatic N) is 2. The molecule has 0 amide bonds. The van der Waals surface area contributed by atoms with Crippen molar-refractivity contribution in [2.75, 3.05) is 5.32 Å². The summed E-state index contributed by atoms with van der Waals surface area (Å²) in [6, 6.07) is 12.7. The molecule has 0 saturated carbocycles. The van der Waals surface area contributed by atoms with Crippen molar-refractivity contribution < 1.29 is 4.92 Å². The maximum atomic E-state index is 11.0. The van der Waals surface area contributed by atoms with Crippen molar-refractivity contribution in [2.45, 2.75) is 13.5 Å². The van der Waals surface area contributed by atoms with Crippen molar-refractivity contribution in [3.63, 3.8) is 0 Å². The van der Waals surface area contributed by atoms with Gasteiger partial charge < -0.3 is 5.32 Å². The van der Waals surface area contributed by atoms with Crippen LogP contribution in [0, 0.1) is 17.0 Å². The summed E-state index contributed by atoms with van der Waals surface area (Å²) in [6.07, 6.45) is 0. The first-order chi connectivity index (χ1) is 10.1. The summed E-state index contributed by atoms with van der Waals surface area (Å²) < 4.78 is 1.11. The maximum absolute atomic E-state index is 11.0. The fourth-order valence-corrected chi connectivity index (χ4v) is 3.05. The summed E-state index contributed by atoms with van der Waals surface area (Å²) in [5.74, 6) is 0. The molecular weight excluding hydrogens is 286 g/mol. The third-order valence-corrected chi connectivity index (χ3v) is 4.10. The van der Waals surface area contributed by atoms with Crippen molar-refractivity contribution in [3.8, 4) is 0 Å². The van der Waals surface area contributed by atoms with Crippen LogP contribution in [0.25, 0.3) is 10.2 Å². The largest absolute Gasteiger partial charge is 0.381 e. The number of nitrogens with one attached hydrogen (secondary N) is 1. The van der Waals surface area contributed by atoms with Gasteiger partial charge in [-0.05, 0) is 25.1 Å². The molecule has 0 saturated heterocycles. The van der Waals surface area contributed by atoms with Gasteiger partial charge in [0, 0.05) is 23.9 Å². The monoisotopic (exact) mass is 299 g/mol. The fourth-order valence-electron chi connectivity index (χ4n) is 2.19. The van der Waals surface area contributed by atoms with E-state index in [-0.39, 0.29) is 10.6 Å². The number of benzene rings is 2. The van der Waals surface area contributed by atoms with E-state index in [0.29, 0.717) is 12.1 Å². The Morgan fingerprint density at radius 1 is 1.29 bits per heavy atom. The number of para-hydroxylation sites is 1. The number of thiazole rings is 1. The molecule has 1 heterocycles. The van der Waals surface area contributed by atoms with Gasteiger partial charge >= 0.3 is 0 Å². The van der Waals surface area contributed by atoms with Gasteiger partial charge in [-0.3, -0.25) is 10.1 Å². The Kier molecular flexibility index (Phi) is 3.53. The maximum Gasteiger partial charge on any atom is 0.274 e. The first kappa shape index (κ1) is 13.5. The second kappa shape index (κ2) is 5.49. The zero-order chi connectivity index (χ0) is 14.8. The van der Waals surface area contributed by atoms with E-state index in [1.807, 2.05) is 25.1 Å². The van der Waals surface area contributed by atoms with Crippen LogP contribution in [0.1, 0.15) is 10.6 Å². The zero-order valence-electron chi connectivity index (χ0n) is 11.4. The summed E-state index contributed by atoms with van der Waals surface area (Å²) in [4.78, 5) is 15.0. The van der Waals surface area contributed by atoms with Gasteiger partial charge in [0.15, 0.2) is 0 Å². The van der Waals surface area contributed by atoms with Gasteiger partial charge in [0.25, 0.3) is 5.69 Å². The number of aryl methyl sites for hydroxylation is 1. The molecule has 5 nitrogen and oxygen atoms in total. The first-order valence-electron chi connectivity index (χ1n) is 6.47. The van der Waals surface area contributed by atoms with E-state index in [0.717, 1.165) is 20.9 Å². The topological polar surface area (TPSA) is 68.1 Å². The summed E-state index contributed by atoms with van der Waals surface area (Å²) in [7, 11) is 0. The van der Waals surface area contributed by atoms with E-state index in [1.165, 1.54) is 6.07 Å². The van der Waals surface area contributed by atoms with Gasteiger partial charge in [-0.1, -0.05) is 18.2 Å². The van der Waals surface area contributed by atoms with Crippen LogP contribution >= 0.6 is 11.3 Å². The third kappa shape index (κ3) is 2.85. The number of anilines is 1. The number of fused-ring (bicyclic) bond motifs is 1. The summed E-state index contributed by atoms with van der Waals surface area (Å²) in [5.41, 5.74) is 2.72. The molecule has 21 heavy (non-hydrogen) atoms. The lowest BCUT2D eigenvalue weighted by molar-refractivity contribution is -0.385. The molecule has 0 bridgehead atoms. The molecule has 0 spiro atoms. The average molecular weight is 299 g/mol. The van der Waals surface area contributed by atoms with Crippen LogP contribution in [0.2, 0.25) is 0 Å². The van der Waals surface area contributed by atoms with E-state index >= 15 is 0 Å². The van der Waals surface area contributed by atoms with E-state index in [9.17, 15) is 10.1 Å². The van der Waals surface area contributed by atoms with Gasteiger partial charge in [0.05, 0.1) is 20.1 Å².